The zero-order chi connectivity index (χ0) is 20.1. The first-order chi connectivity index (χ1) is 13.5. The van der Waals surface area contributed by atoms with Crippen LogP contribution in [0.4, 0.5) is 0 Å². The van der Waals surface area contributed by atoms with E-state index in [1.54, 1.807) is 42.5 Å². The van der Waals surface area contributed by atoms with Crippen molar-refractivity contribution in [3.05, 3.63) is 64.3 Å². The number of carbonyl (C=O) groups is 1. The number of rotatable bonds is 6. The van der Waals surface area contributed by atoms with Crippen molar-refractivity contribution in [3.8, 4) is 17.2 Å². The van der Waals surface area contributed by atoms with E-state index in [9.17, 15) is 4.79 Å². The Morgan fingerprint density at radius 2 is 1.64 bits per heavy atom. The molecule has 0 atom stereocenters. The lowest BCUT2D eigenvalue weighted by Crippen LogP contribution is -2.01. The van der Waals surface area contributed by atoms with Gasteiger partial charge in [-0.25, -0.2) is 9.79 Å². The van der Waals surface area contributed by atoms with E-state index in [2.05, 4.69) is 4.99 Å². The molecule has 1 aliphatic heterocycles. The Labute approximate surface area is 167 Å². The highest BCUT2D eigenvalue weighted by molar-refractivity contribution is 6.30. The summed E-state index contributed by atoms with van der Waals surface area (Å²) in [5.41, 5.74) is 1.67. The first kappa shape index (κ1) is 19.5. The fraction of sp³-hybridized carbons (Fsp3) is 0.143. The Morgan fingerprint density at radius 1 is 0.929 bits per heavy atom. The van der Waals surface area contributed by atoms with Crippen LogP contribution < -0.4 is 14.2 Å². The van der Waals surface area contributed by atoms with Crippen LogP contribution in [0.5, 0.6) is 17.2 Å². The summed E-state index contributed by atoms with van der Waals surface area (Å²) in [7, 11) is 4.56. The summed E-state index contributed by atoms with van der Waals surface area (Å²) in [6.07, 6.45) is 4.97. The van der Waals surface area contributed by atoms with Crippen LogP contribution >= 0.6 is 11.6 Å². The van der Waals surface area contributed by atoms with Crippen molar-refractivity contribution >= 4 is 35.6 Å². The van der Waals surface area contributed by atoms with Crippen LogP contribution in [0.2, 0.25) is 5.02 Å². The van der Waals surface area contributed by atoms with E-state index in [4.69, 9.17) is 30.5 Å². The lowest BCUT2D eigenvalue weighted by Gasteiger charge is -2.14. The number of hydrogen-bond acceptors (Lipinski definition) is 6. The van der Waals surface area contributed by atoms with Crippen molar-refractivity contribution in [3.63, 3.8) is 0 Å². The van der Waals surface area contributed by atoms with Gasteiger partial charge in [0.05, 0.1) is 21.3 Å². The molecule has 0 spiro atoms. The first-order valence-electron chi connectivity index (χ1n) is 8.31. The maximum atomic E-state index is 12.2. The van der Waals surface area contributed by atoms with Gasteiger partial charge in [-0.15, -0.1) is 0 Å². The SMILES string of the molecule is COc1ccc(C=C2N=C(C=Cc3ccc(Cl)cc3)OC2=O)c(OC)c1OC. The average molecular weight is 400 g/mol. The summed E-state index contributed by atoms with van der Waals surface area (Å²) in [6.45, 7) is 0. The summed E-state index contributed by atoms with van der Waals surface area (Å²) in [6, 6.07) is 10.7. The number of benzene rings is 2. The number of esters is 1. The summed E-state index contributed by atoms with van der Waals surface area (Å²) >= 11 is 5.87. The van der Waals surface area contributed by atoms with Gasteiger partial charge in [-0.3, -0.25) is 0 Å². The van der Waals surface area contributed by atoms with Crippen LogP contribution in [-0.2, 0) is 9.53 Å². The second kappa shape index (κ2) is 8.63. The van der Waals surface area contributed by atoms with Crippen molar-refractivity contribution in [2.75, 3.05) is 21.3 Å². The quantitative estimate of drug-likeness (QED) is 0.533. The molecule has 7 heteroatoms. The first-order valence-corrected chi connectivity index (χ1v) is 8.68. The van der Waals surface area contributed by atoms with Gasteiger partial charge in [-0.2, -0.15) is 0 Å². The van der Waals surface area contributed by atoms with E-state index in [0.29, 0.717) is 27.8 Å². The minimum atomic E-state index is -0.549. The molecule has 0 amide bonds. The number of methoxy groups -OCH3 is 3. The second-order valence-corrected chi connectivity index (χ2v) is 6.11. The van der Waals surface area contributed by atoms with Crippen LogP contribution in [0.15, 0.2) is 53.2 Å². The minimum Gasteiger partial charge on any atom is -0.493 e. The van der Waals surface area contributed by atoms with Crippen LogP contribution in [0.3, 0.4) is 0 Å². The minimum absolute atomic E-state index is 0.154. The molecule has 0 saturated carbocycles. The van der Waals surface area contributed by atoms with Gasteiger partial charge >= 0.3 is 5.97 Å². The molecule has 0 saturated heterocycles. The van der Waals surface area contributed by atoms with Crippen molar-refractivity contribution < 1.29 is 23.7 Å². The molecular formula is C21H18ClNO5. The molecular weight excluding hydrogens is 382 g/mol. The van der Waals surface area contributed by atoms with E-state index in [0.717, 1.165) is 5.56 Å². The zero-order valence-electron chi connectivity index (χ0n) is 15.6. The van der Waals surface area contributed by atoms with Crippen molar-refractivity contribution in [2.24, 2.45) is 4.99 Å². The molecule has 1 aliphatic rings. The Hall–Kier alpha value is -3.25. The largest absolute Gasteiger partial charge is 0.493 e. The summed E-state index contributed by atoms with van der Waals surface area (Å²) in [5.74, 6) is 1.03. The van der Waals surface area contributed by atoms with Crippen LogP contribution in [0, 0.1) is 0 Å². The highest BCUT2D eigenvalue weighted by Crippen LogP contribution is 2.40. The second-order valence-electron chi connectivity index (χ2n) is 5.68. The van der Waals surface area contributed by atoms with Gasteiger partial charge < -0.3 is 18.9 Å². The van der Waals surface area contributed by atoms with Crippen LogP contribution in [-0.4, -0.2) is 33.2 Å². The molecule has 0 unspecified atom stereocenters. The van der Waals surface area contributed by atoms with Gasteiger partial charge in [0, 0.05) is 16.7 Å². The predicted molar refractivity (Wildman–Crippen MR) is 108 cm³/mol. The van der Waals surface area contributed by atoms with Gasteiger partial charge in [0.2, 0.25) is 11.6 Å². The Bertz CT molecular complexity index is 977. The van der Waals surface area contributed by atoms with Crippen molar-refractivity contribution in [1.82, 2.24) is 0 Å². The molecule has 0 radical (unpaired) electrons. The molecule has 0 bridgehead atoms. The Morgan fingerprint density at radius 3 is 2.29 bits per heavy atom. The zero-order valence-corrected chi connectivity index (χ0v) is 16.3. The average Bonchev–Trinajstić information content (AvgIpc) is 3.06. The summed E-state index contributed by atoms with van der Waals surface area (Å²) in [4.78, 5) is 16.4. The smallest absolute Gasteiger partial charge is 0.363 e. The number of halogens is 1. The van der Waals surface area contributed by atoms with Gasteiger partial charge in [-0.1, -0.05) is 23.7 Å². The molecule has 3 rings (SSSR count). The maximum Gasteiger partial charge on any atom is 0.363 e. The lowest BCUT2D eigenvalue weighted by molar-refractivity contribution is -0.129. The molecule has 144 valence electrons. The van der Waals surface area contributed by atoms with Crippen LogP contribution in [0.25, 0.3) is 12.2 Å². The standard InChI is InChI=1S/C21H18ClNO5/c1-25-17-10-7-14(19(26-2)20(17)27-3)12-16-21(24)28-18(23-16)11-6-13-4-8-15(22)9-5-13/h4-12H,1-3H3. The van der Waals surface area contributed by atoms with E-state index >= 15 is 0 Å². The van der Waals surface area contributed by atoms with Gasteiger partial charge in [0.25, 0.3) is 0 Å². The third-order valence-corrected chi connectivity index (χ3v) is 4.20. The highest BCUT2D eigenvalue weighted by Gasteiger charge is 2.23. The number of ether oxygens (including phenoxy) is 4. The Balaban J connectivity index is 1.90. The number of hydrogen-bond donors (Lipinski definition) is 0. The van der Waals surface area contributed by atoms with E-state index in [1.165, 1.54) is 21.3 Å². The van der Waals surface area contributed by atoms with Gasteiger partial charge in [-0.05, 0) is 42.0 Å². The summed E-state index contributed by atoms with van der Waals surface area (Å²) < 4.78 is 21.2. The maximum absolute atomic E-state index is 12.2. The van der Waals surface area contributed by atoms with E-state index in [1.807, 2.05) is 12.1 Å². The van der Waals surface area contributed by atoms with Crippen molar-refractivity contribution in [2.45, 2.75) is 0 Å². The topological polar surface area (TPSA) is 66.4 Å². The van der Waals surface area contributed by atoms with Gasteiger partial charge in [0.1, 0.15) is 0 Å². The summed E-state index contributed by atoms with van der Waals surface area (Å²) in [5, 5.41) is 0.649. The molecule has 28 heavy (non-hydrogen) atoms. The number of carbonyl (C=O) groups excluding carboxylic acids is 1. The monoisotopic (exact) mass is 399 g/mol. The molecule has 0 fully saturated rings. The fourth-order valence-electron chi connectivity index (χ4n) is 2.62. The van der Waals surface area contributed by atoms with E-state index < -0.39 is 5.97 Å². The highest BCUT2D eigenvalue weighted by atomic mass is 35.5. The lowest BCUT2D eigenvalue weighted by atomic mass is 10.1. The third kappa shape index (κ3) is 4.18. The molecule has 6 nitrogen and oxygen atoms in total. The molecule has 0 aromatic heterocycles. The molecule has 0 aliphatic carbocycles. The third-order valence-electron chi connectivity index (χ3n) is 3.95. The normalized spacial score (nSPS) is 14.9. The number of aliphatic imine (C=N–C) groups is 1. The number of cyclic esters (lactones) is 1. The predicted octanol–water partition coefficient (Wildman–Crippen LogP) is 4.38. The molecule has 0 N–H and O–H groups in total. The number of nitrogens with zero attached hydrogens (tertiary/aromatic N) is 1. The molecule has 2 aromatic carbocycles. The van der Waals surface area contributed by atoms with Crippen LogP contribution in [0.1, 0.15) is 11.1 Å². The fourth-order valence-corrected chi connectivity index (χ4v) is 2.75. The Kier molecular flexibility index (Phi) is 6.01. The van der Waals surface area contributed by atoms with Gasteiger partial charge in [0.15, 0.2) is 17.2 Å². The van der Waals surface area contributed by atoms with E-state index in [-0.39, 0.29) is 11.6 Å². The molecule has 1 heterocycles. The van der Waals surface area contributed by atoms with Crippen molar-refractivity contribution in [1.29, 1.82) is 0 Å². The molecule has 2 aromatic rings.